The van der Waals surface area contributed by atoms with Crippen molar-refractivity contribution >= 4 is 33.2 Å². The van der Waals surface area contributed by atoms with Crippen molar-refractivity contribution in [1.29, 1.82) is 0 Å². The lowest BCUT2D eigenvalue weighted by Gasteiger charge is -2.42. The minimum atomic E-state index is -3.97. The molecule has 6 rings (SSSR count). The van der Waals surface area contributed by atoms with Crippen LogP contribution >= 0.6 is 11.6 Å². The Kier molecular flexibility index (Phi) is 8.82. The number of nitrogens with zero attached hydrogens (tertiary/aromatic N) is 1. The fourth-order valence-corrected chi connectivity index (χ4v) is 10.1. The fourth-order valence-electron chi connectivity index (χ4n) is 7.90. The highest BCUT2D eigenvalue weighted by Gasteiger charge is 2.52. The van der Waals surface area contributed by atoms with Crippen LogP contribution in [0.4, 0.5) is 5.69 Å². The van der Waals surface area contributed by atoms with Gasteiger partial charge >= 0.3 is 0 Å². The number of hydrogen-bond donors (Lipinski definition) is 2. The first-order valence-corrected chi connectivity index (χ1v) is 17.8. The van der Waals surface area contributed by atoms with Gasteiger partial charge in [-0.3, -0.25) is 4.79 Å². The van der Waals surface area contributed by atoms with E-state index in [1.807, 2.05) is 37.3 Å². The van der Waals surface area contributed by atoms with Crippen molar-refractivity contribution in [2.24, 2.45) is 17.8 Å². The van der Waals surface area contributed by atoms with Crippen molar-refractivity contribution in [3.63, 3.8) is 0 Å². The summed E-state index contributed by atoms with van der Waals surface area (Å²) in [7, 11) is -3.97. The van der Waals surface area contributed by atoms with Gasteiger partial charge in [-0.15, -0.1) is 0 Å². The maximum Gasteiger partial charge on any atom is 0.264 e. The maximum atomic E-state index is 13.9. The number of sulfonamides is 1. The van der Waals surface area contributed by atoms with Crippen molar-refractivity contribution in [2.75, 3.05) is 18.0 Å². The van der Waals surface area contributed by atoms with E-state index in [-0.39, 0.29) is 11.8 Å². The molecule has 2 aromatic carbocycles. The average molecular weight is 627 g/mol. The Balaban J connectivity index is 1.40. The number of carbonyl (C=O) groups is 1. The van der Waals surface area contributed by atoms with Gasteiger partial charge in [0.05, 0.1) is 16.5 Å². The van der Waals surface area contributed by atoms with Crippen LogP contribution in [-0.2, 0) is 23.1 Å². The smallest absolute Gasteiger partial charge is 0.264 e. The van der Waals surface area contributed by atoms with Gasteiger partial charge in [0.1, 0.15) is 12.4 Å². The van der Waals surface area contributed by atoms with Crippen LogP contribution in [0.1, 0.15) is 86.2 Å². The number of aliphatic hydroxyl groups excluding tert-OH is 1. The molecule has 2 aliphatic heterocycles. The third-order valence-corrected chi connectivity index (χ3v) is 13.2. The van der Waals surface area contributed by atoms with Crippen molar-refractivity contribution < 1.29 is 23.1 Å². The molecule has 7 nitrogen and oxygen atoms in total. The Morgan fingerprint density at radius 2 is 1.95 bits per heavy atom. The van der Waals surface area contributed by atoms with Crippen LogP contribution < -0.4 is 14.4 Å². The Bertz CT molecular complexity index is 1490. The van der Waals surface area contributed by atoms with E-state index in [0.717, 1.165) is 69.3 Å². The molecule has 43 heavy (non-hydrogen) atoms. The Morgan fingerprint density at radius 3 is 2.74 bits per heavy atom. The van der Waals surface area contributed by atoms with E-state index in [9.17, 15) is 18.3 Å². The lowest BCUT2D eigenvalue weighted by atomic mass is 9.70. The van der Waals surface area contributed by atoms with Gasteiger partial charge in [-0.05, 0) is 117 Å². The van der Waals surface area contributed by atoms with Crippen LogP contribution in [0.25, 0.3) is 0 Å². The molecular weight excluding hydrogens is 584 g/mol. The Morgan fingerprint density at radius 1 is 1.09 bits per heavy atom. The van der Waals surface area contributed by atoms with Gasteiger partial charge in [0.25, 0.3) is 5.91 Å². The van der Waals surface area contributed by atoms with E-state index in [0.29, 0.717) is 48.1 Å². The van der Waals surface area contributed by atoms with Gasteiger partial charge < -0.3 is 14.7 Å². The van der Waals surface area contributed by atoms with E-state index in [4.69, 9.17) is 16.3 Å². The number of benzene rings is 2. The highest BCUT2D eigenvalue weighted by molar-refractivity contribution is 7.91. The number of halogens is 1. The number of anilines is 1. The van der Waals surface area contributed by atoms with E-state index in [1.54, 1.807) is 18.2 Å². The number of nitrogens with one attached hydrogen (secondary N) is 1. The molecule has 2 heterocycles. The molecule has 0 aromatic heterocycles. The molecule has 2 aliphatic carbocycles. The molecule has 9 heteroatoms. The minimum absolute atomic E-state index is 0.106. The molecule has 2 fully saturated rings. The first-order valence-electron chi connectivity index (χ1n) is 15.9. The molecule has 0 radical (unpaired) electrons. The second-order valence-corrected chi connectivity index (χ2v) is 15.3. The topological polar surface area (TPSA) is 95.9 Å². The number of amides is 1. The molecule has 1 unspecified atom stereocenters. The molecule has 232 valence electrons. The molecule has 2 bridgehead atoms. The monoisotopic (exact) mass is 626 g/mol. The highest BCUT2D eigenvalue weighted by Crippen LogP contribution is 2.47. The summed E-state index contributed by atoms with van der Waals surface area (Å²) in [5.74, 6) is 0.398. The SMILES string of the molecule is CC[C@@]12CCCC1C/C=C/[C@H](O)[C@@H]1CC[C@H]1CN1CCCCc3cc(Cl)ccc3COc3ccc(cc31)C(=O)NS2(=O)=O. The highest BCUT2D eigenvalue weighted by atomic mass is 35.5. The summed E-state index contributed by atoms with van der Waals surface area (Å²) in [6, 6.07) is 11.2. The lowest BCUT2D eigenvalue weighted by Crippen LogP contribution is -2.50. The fraction of sp³-hybridized carbons (Fsp3) is 0.559. The standard InChI is InChI=1S/C34H43ClN2O5S/c1-2-34-17-6-9-27(34)8-5-10-31(38)29-15-12-25(29)21-37-18-4-3-7-23-19-28(35)14-11-26(23)22-42-32-16-13-24(20-30(32)37)33(39)36-43(34,40)41/h5,10-11,13-14,16,19-20,25,27,29,31,38H,2-4,6-9,12,15,17-18,21-22H2,1H3,(H,36,39)/b10-5+/t25-,27?,29+,31-,34+/m0/s1. The maximum absolute atomic E-state index is 13.9. The summed E-state index contributed by atoms with van der Waals surface area (Å²) in [4.78, 5) is 15.9. The minimum Gasteiger partial charge on any atom is -0.487 e. The molecule has 5 atom stereocenters. The average Bonchev–Trinajstić information content (AvgIpc) is 3.38. The summed E-state index contributed by atoms with van der Waals surface area (Å²) in [5.41, 5.74) is 3.35. The van der Waals surface area contributed by atoms with Crippen LogP contribution in [0.15, 0.2) is 48.6 Å². The van der Waals surface area contributed by atoms with Crippen LogP contribution in [-0.4, -0.2) is 43.4 Å². The zero-order valence-electron chi connectivity index (χ0n) is 24.9. The molecule has 4 aliphatic rings. The quantitative estimate of drug-likeness (QED) is 0.355. The van der Waals surface area contributed by atoms with E-state index < -0.39 is 26.8 Å². The summed E-state index contributed by atoms with van der Waals surface area (Å²) in [5, 5.41) is 11.9. The summed E-state index contributed by atoms with van der Waals surface area (Å²) < 4.78 is 35.7. The van der Waals surface area contributed by atoms with Gasteiger partial charge in [0, 0.05) is 23.7 Å². The van der Waals surface area contributed by atoms with Crippen molar-refractivity contribution in [3.05, 3.63) is 70.3 Å². The summed E-state index contributed by atoms with van der Waals surface area (Å²) in [6.07, 6.45) is 11.2. The second-order valence-electron chi connectivity index (χ2n) is 12.9. The second kappa shape index (κ2) is 12.4. The molecule has 0 spiro atoms. The van der Waals surface area contributed by atoms with E-state index in [2.05, 4.69) is 9.62 Å². The Hall–Kier alpha value is -2.55. The lowest BCUT2D eigenvalue weighted by molar-refractivity contribution is 0.0460. The third-order valence-electron chi connectivity index (χ3n) is 10.6. The van der Waals surface area contributed by atoms with Crippen LogP contribution in [0.3, 0.4) is 0 Å². The van der Waals surface area contributed by atoms with Crippen molar-refractivity contribution in [1.82, 2.24) is 4.72 Å². The van der Waals surface area contributed by atoms with Crippen LogP contribution in [0.2, 0.25) is 5.02 Å². The molecule has 2 saturated carbocycles. The molecule has 1 amide bonds. The third kappa shape index (κ3) is 5.95. The van der Waals surface area contributed by atoms with Gasteiger partial charge in [-0.1, -0.05) is 43.2 Å². The zero-order chi connectivity index (χ0) is 30.2. The number of aliphatic hydroxyl groups is 1. The van der Waals surface area contributed by atoms with Crippen LogP contribution in [0.5, 0.6) is 5.75 Å². The normalized spacial score (nSPS) is 31.6. The van der Waals surface area contributed by atoms with Crippen molar-refractivity contribution in [3.8, 4) is 5.75 Å². The zero-order valence-corrected chi connectivity index (χ0v) is 26.5. The van der Waals surface area contributed by atoms with Crippen LogP contribution in [0, 0.1) is 17.8 Å². The number of carbonyl (C=O) groups excluding carboxylic acids is 1. The number of allylic oxidation sites excluding steroid dienone is 1. The van der Waals surface area contributed by atoms with Gasteiger partial charge in [-0.2, -0.15) is 0 Å². The molecule has 2 N–H and O–H groups in total. The van der Waals surface area contributed by atoms with E-state index in [1.165, 1.54) is 5.56 Å². The largest absolute Gasteiger partial charge is 0.487 e. The summed E-state index contributed by atoms with van der Waals surface area (Å²) >= 11 is 6.32. The van der Waals surface area contributed by atoms with Gasteiger partial charge in [0.2, 0.25) is 10.0 Å². The van der Waals surface area contributed by atoms with Gasteiger partial charge in [0.15, 0.2) is 0 Å². The molecule has 0 saturated heterocycles. The van der Waals surface area contributed by atoms with E-state index >= 15 is 0 Å². The number of rotatable bonds is 1. The summed E-state index contributed by atoms with van der Waals surface area (Å²) in [6.45, 7) is 3.75. The number of fused-ring (bicyclic) bond motifs is 4. The number of aryl methyl sites for hydroxylation is 1. The predicted molar refractivity (Wildman–Crippen MR) is 170 cm³/mol. The van der Waals surface area contributed by atoms with Crippen molar-refractivity contribution in [2.45, 2.75) is 88.6 Å². The number of ether oxygens (including phenoxy) is 1. The first kappa shape index (κ1) is 30.5. The first-order chi connectivity index (χ1) is 20.7. The Labute approximate surface area is 260 Å². The van der Waals surface area contributed by atoms with Gasteiger partial charge in [-0.25, -0.2) is 13.1 Å². The molecule has 2 aromatic rings. The molecular formula is C34H43ClN2O5S. The number of hydrogen-bond acceptors (Lipinski definition) is 6. The predicted octanol–water partition coefficient (Wildman–Crippen LogP) is 6.42.